The van der Waals surface area contributed by atoms with E-state index in [-0.39, 0.29) is 59.4 Å². The number of hydrogen-bond donors (Lipinski definition) is 6. The molecular weight excluding hydrogens is 857 g/mol. The summed E-state index contributed by atoms with van der Waals surface area (Å²) in [6, 6.07) is 10.7. The van der Waals surface area contributed by atoms with Gasteiger partial charge in [-0.15, -0.1) is 0 Å². The Kier molecular flexibility index (Phi) is 13.0. The van der Waals surface area contributed by atoms with E-state index in [4.69, 9.17) is 24.8 Å². The number of alkyl halides is 9. The predicted molar refractivity (Wildman–Crippen MR) is 205 cm³/mol. The standard InChI is InChI=1S/C40H47F6N5O5.C2HF3O2/c1-5-22(31-18(3)33(31)35(53)48-24-15-28(39(41,42)43)55-26-13-9-7-11-20(24)26)38(17-30(52)50-37(47)51-38)23(6-2)32-19(4)34(32)36(54)49-25-16-29(40(44,45)46)56-27-14-10-8-12-21(25)27;3-2(4,5)1(6)7/h7-14,18-19,22-25,28-29,31-34H,5-6,15-17H2,1-4H3,(H,48,53)(H,49,54)(H3,47,50,51,52);(H,6,7)/t18?,19?,22?,23?,24-,25-,28-,29-,31?,32?,33?,34?,38?;/m1./s1. The van der Waals surface area contributed by atoms with Crippen LogP contribution in [0.25, 0.3) is 0 Å². The zero-order valence-electron chi connectivity index (χ0n) is 34.4. The van der Waals surface area contributed by atoms with Gasteiger partial charge in [-0.3, -0.25) is 25.1 Å². The number of hydrogen-bond acceptors (Lipinski definition) is 7. The van der Waals surface area contributed by atoms with E-state index in [1.165, 1.54) is 12.1 Å². The Hall–Kier alpha value is -5.24. The first-order valence-electron chi connectivity index (χ1n) is 20.6. The van der Waals surface area contributed by atoms with E-state index >= 15 is 0 Å². The number of fused-ring (bicyclic) bond motifs is 2. The molecule has 63 heavy (non-hydrogen) atoms. The van der Waals surface area contributed by atoms with Crippen LogP contribution in [0.4, 0.5) is 39.5 Å². The van der Waals surface area contributed by atoms with Crippen molar-refractivity contribution in [1.82, 2.24) is 21.3 Å². The first-order valence-corrected chi connectivity index (χ1v) is 20.6. The molecule has 2 aliphatic carbocycles. The van der Waals surface area contributed by atoms with Crippen molar-refractivity contribution in [1.29, 1.82) is 5.41 Å². The van der Waals surface area contributed by atoms with E-state index in [2.05, 4.69) is 21.3 Å². The lowest BCUT2D eigenvalue weighted by Crippen LogP contribution is -2.68. The molecular formula is C42H48F9N5O7. The van der Waals surface area contributed by atoms with Gasteiger partial charge in [0.2, 0.25) is 17.7 Å². The molecule has 0 radical (unpaired) electrons. The zero-order chi connectivity index (χ0) is 46.6. The van der Waals surface area contributed by atoms with Crippen LogP contribution in [-0.4, -0.2) is 71.0 Å². The number of ether oxygens (including phenoxy) is 2. The Morgan fingerprint density at radius 2 is 1.14 bits per heavy atom. The van der Waals surface area contributed by atoms with Crippen molar-refractivity contribution in [3.63, 3.8) is 0 Å². The van der Waals surface area contributed by atoms with Gasteiger partial charge in [0.05, 0.1) is 24.0 Å². The third-order valence-corrected chi connectivity index (χ3v) is 13.3. The lowest BCUT2D eigenvalue weighted by molar-refractivity contribution is -0.202. The van der Waals surface area contributed by atoms with Gasteiger partial charge in [0.15, 0.2) is 18.2 Å². The van der Waals surface area contributed by atoms with E-state index < -0.39 is 96.7 Å². The summed E-state index contributed by atoms with van der Waals surface area (Å²) in [7, 11) is 0. The number of guanidine groups is 1. The summed E-state index contributed by atoms with van der Waals surface area (Å²) in [5.41, 5.74) is -0.181. The number of nitrogens with one attached hydrogen (secondary N) is 5. The number of para-hydroxylation sites is 2. The predicted octanol–water partition coefficient (Wildman–Crippen LogP) is 7.36. The van der Waals surface area contributed by atoms with Gasteiger partial charge in [-0.05, 0) is 47.6 Å². The summed E-state index contributed by atoms with van der Waals surface area (Å²) in [5.74, 6) is -7.07. The zero-order valence-corrected chi connectivity index (χ0v) is 34.4. The van der Waals surface area contributed by atoms with E-state index in [0.717, 1.165) is 0 Å². The molecule has 3 aliphatic heterocycles. The quantitative estimate of drug-likeness (QED) is 0.134. The molecule has 21 heteroatoms. The molecule has 2 aromatic rings. The summed E-state index contributed by atoms with van der Waals surface area (Å²) in [4.78, 5) is 50.3. The minimum Gasteiger partial charge on any atom is -0.480 e. The van der Waals surface area contributed by atoms with Gasteiger partial charge < -0.3 is 30.5 Å². The molecule has 0 aromatic heterocycles. The molecule has 0 bridgehead atoms. The van der Waals surface area contributed by atoms with Crippen molar-refractivity contribution in [2.45, 2.75) is 108 Å². The number of carbonyl (C=O) groups excluding carboxylic acids is 3. The summed E-state index contributed by atoms with van der Waals surface area (Å²) >= 11 is 0. The number of benzene rings is 2. The highest BCUT2D eigenvalue weighted by Crippen LogP contribution is 2.62. The van der Waals surface area contributed by atoms with Crippen molar-refractivity contribution in [3.8, 4) is 11.5 Å². The molecule has 0 spiro atoms. The Labute approximate surface area is 355 Å². The Morgan fingerprint density at radius 3 is 1.48 bits per heavy atom. The summed E-state index contributed by atoms with van der Waals surface area (Å²) in [5, 5.41) is 27.3. The maximum absolute atomic E-state index is 14.0. The van der Waals surface area contributed by atoms with Crippen molar-refractivity contribution in [3.05, 3.63) is 59.7 Å². The topological polar surface area (TPSA) is 179 Å². The molecule has 8 unspecified atom stereocenters. The van der Waals surface area contributed by atoms with Gasteiger partial charge in [-0.1, -0.05) is 76.9 Å². The van der Waals surface area contributed by atoms with Gasteiger partial charge >= 0.3 is 24.5 Å². The monoisotopic (exact) mass is 905 g/mol. The van der Waals surface area contributed by atoms with Crippen LogP contribution in [0, 0.1) is 52.8 Å². The Morgan fingerprint density at radius 1 is 0.762 bits per heavy atom. The largest absolute Gasteiger partial charge is 0.490 e. The van der Waals surface area contributed by atoms with Crippen LogP contribution >= 0.6 is 0 Å². The second-order valence-electron chi connectivity index (χ2n) is 17.0. The lowest BCUT2D eigenvalue weighted by Gasteiger charge is -2.50. The highest BCUT2D eigenvalue weighted by molar-refractivity contribution is 5.99. The molecule has 2 saturated carbocycles. The first-order chi connectivity index (χ1) is 29.3. The van der Waals surface area contributed by atoms with E-state index in [1.807, 2.05) is 27.7 Å². The number of carboxylic acids is 1. The fourth-order valence-electron chi connectivity index (χ4n) is 10.5. The highest BCUT2D eigenvalue weighted by Gasteiger charge is 2.67. The summed E-state index contributed by atoms with van der Waals surface area (Å²) in [6.07, 6.45) is -18.6. The molecule has 3 heterocycles. The molecule has 3 amide bonds. The maximum atomic E-state index is 14.0. The van der Waals surface area contributed by atoms with Crippen LogP contribution in [0.5, 0.6) is 11.5 Å². The van der Waals surface area contributed by atoms with Crippen LogP contribution in [0.3, 0.4) is 0 Å². The van der Waals surface area contributed by atoms with Crippen molar-refractivity contribution >= 4 is 29.7 Å². The highest BCUT2D eigenvalue weighted by atomic mass is 19.4. The SMILES string of the molecule is CCC(C1C(C)C1C(=O)N[C@@H]1C[C@H](C(F)(F)F)Oc2ccccc21)C1(C(CC)C2C(C)C2C(=O)N[C@@H]2C[C@H](C(F)(F)F)Oc3ccccc32)CC(=O)NC(=N)N1.O=C(O)C(F)(F)F. The third-order valence-electron chi connectivity index (χ3n) is 13.3. The average Bonchev–Trinajstić information content (AvgIpc) is 4.06. The number of halogens is 9. The van der Waals surface area contributed by atoms with Crippen molar-refractivity contribution < 1.29 is 73.3 Å². The second-order valence-corrected chi connectivity index (χ2v) is 17.0. The number of aliphatic carboxylic acids is 1. The van der Waals surface area contributed by atoms with E-state index in [0.29, 0.717) is 24.0 Å². The second kappa shape index (κ2) is 17.4. The fraction of sp³-hybridized carbons (Fsp3) is 0.595. The summed E-state index contributed by atoms with van der Waals surface area (Å²) < 4.78 is 125. The van der Waals surface area contributed by atoms with Crippen LogP contribution < -0.4 is 30.7 Å². The molecule has 346 valence electrons. The van der Waals surface area contributed by atoms with Gasteiger partial charge in [0.25, 0.3) is 0 Å². The molecule has 12 atom stereocenters. The van der Waals surface area contributed by atoms with Crippen LogP contribution in [-0.2, 0) is 19.2 Å². The molecule has 2 aromatic carbocycles. The minimum atomic E-state index is -5.08. The smallest absolute Gasteiger partial charge is 0.480 e. The van der Waals surface area contributed by atoms with E-state index in [9.17, 15) is 53.9 Å². The van der Waals surface area contributed by atoms with Crippen molar-refractivity contribution in [2.24, 2.45) is 47.3 Å². The molecule has 5 aliphatic rings. The third kappa shape index (κ3) is 9.66. The normalized spacial score (nSPS) is 32.0. The maximum Gasteiger partial charge on any atom is 0.490 e. The fourth-order valence-corrected chi connectivity index (χ4v) is 10.5. The minimum absolute atomic E-state index is 0.0529. The molecule has 1 saturated heterocycles. The van der Waals surface area contributed by atoms with Crippen LogP contribution in [0.1, 0.15) is 83.0 Å². The molecule has 3 fully saturated rings. The number of rotatable bonds is 10. The Balaban J connectivity index is 0.000000871. The van der Waals surface area contributed by atoms with Gasteiger partial charge in [0, 0.05) is 35.8 Å². The first kappa shape index (κ1) is 47.2. The lowest BCUT2D eigenvalue weighted by atomic mass is 9.64. The molecule has 7 rings (SSSR count). The van der Waals surface area contributed by atoms with Gasteiger partial charge in [-0.2, -0.15) is 39.5 Å². The number of amides is 3. The van der Waals surface area contributed by atoms with Crippen LogP contribution in [0.2, 0.25) is 0 Å². The molecule has 6 N–H and O–H groups in total. The van der Waals surface area contributed by atoms with Gasteiger partial charge in [-0.25, -0.2) is 4.79 Å². The molecule has 12 nitrogen and oxygen atoms in total. The van der Waals surface area contributed by atoms with Crippen LogP contribution in [0.15, 0.2) is 48.5 Å². The average molecular weight is 906 g/mol. The van der Waals surface area contributed by atoms with Crippen molar-refractivity contribution in [2.75, 3.05) is 0 Å². The van der Waals surface area contributed by atoms with E-state index in [1.54, 1.807) is 36.4 Å². The number of carboxylic acid groups (broad SMARTS) is 1. The number of carbonyl (C=O) groups is 4. The Bertz CT molecular complexity index is 1950. The van der Waals surface area contributed by atoms with Gasteiger partial charge in [0.1, 0.15) is 11.5 Å². The summed E-state index contributed by atoms with van der Waals surface area (Å²) in [6.45, 7) is 7.65.